The van der Waals surface area contributed by atoms with Gasteiger partial charge in [0.25, 0.3) is 0 Å². The van der Waals surface area contributed by atoms with Gasteiger partial charge >= 0.3 is 0 Å². The Kier molecular flexibility index (Phi) is 4.65. The van der Waals surface area contributed by atoms with Gasteiger partial charge in [-0.1, -0.05) is 6.07 Å². The van der Waals surface area contributed by atoms with Crippen molar-refractivity contribution in [3.8, 4) is 0 Å². The molecule has 0 fully saturated rings. The normalized spacial score (nSPS) is 12.8. The van der Waals surface area contributed by atoms with E-state index in [0.29, 0.717) is 18.5 Å². The maximum Gasteiger partial charge on any atom is 0.159 e. The summed E-state index contributed by atoms with van der Waals surface area (Å²) < 4.78 is 25.5. The van der Waals surface area contributed by atoms with Crippen molar-refractivity contribution in [3.05, 3.63) is 35.4 Å². The quantitative estimate of drug-likeness (QED) is 0.736. The maximum absolute atomic E-state index is 12.9. The van der Waals surface area contributed by atoms with Crippen molar-refractivity contribution in [2.75, 3.05) is 13.2 Å². The first-order valence-corrected chi connectivity index (χ1v) is 4.94. The highest BCUT2D eigenvalue weighted by atomic mass is 19.2. The van der Waals surface area contributed by atoms with Gasteiger partial charge in [0.05, 0.1) is 0 Å². The molecule has 15 heavy (non-hydrogen) atoms. The predicted molar refractivity (Wildman–Crippen MR) is 54.5 cm³/mol. The van der Waals surface area contributed by atoms with Crippen LogP contribution in [0.2, 0.25) is 0 Å². The van der Waals surface area contributed by atoms with Gasteiger partial charge in [0.15, 0.2) is 11.6 Å². The van der Waals surface area contributed by atoms with E-state index in [4.69, 9.17) is 5.11 Å². The SMILES string of the molecule is CC(NCCCO)c1ccc(F)c(F)c1. The van der Waals surface area contributed by atoms with E-state index >= 15 is 0 Å². The van der Waals surface area contributed by atoms with Gasteiger partial charge in [0.2, 0.25) is 0 Å². The van der Waals surface area contributed by atoms with Crippen LogP contribution in [-0.2, 0) is 0 Å². The molecule has 0 saturated carbocycles. The van der Waals surface area contributed by atoms with Crippen molar-refractivity contribution in [2.45, 2.75) is 19.4 Å². The third-order valence-electron chi connectivity index (χ3n) is 2.23. The molecule has 84 valence electrons. The van der Waals surface area contributed by atoms with Crippen molar-refractivity contribution in [3.63, 3.8) is 0 Å². The van der Waals surface area contributed by atoms with E-state index < -0.39 is 11.6 Å². The molecule has 0 aliphatic heterocycles. The topological polar surface area (TPSA) is 32.3 Å². The smallest absolute Gasteiger partial charge is 0.159 e. The van der Waals surface area contributed by atoms with E-state index in [1.54, 1.807) is 6.07 Å². The van der Waals surface area contributed by atoms with Crippen LogP contribution >= 0.6 is 0 Å². The van der Waals surface area contributed by atoms with Crippen LogP contribution in [0.3, 0.4) is 0 Å². The van der Waals surface area contributed by atoms with Crippen LogP contribution < -0.4 is 5.32 Å². The molecule has 1 atom stereocenters. The van der Waals surface area contributed by atoms with Crippen molar-refractivity contribution in [2.24, 2.45) is 0 Å². The zero-order valence-electron chi connectivity index (χ0n) is 8.63. The highest BCUT2D eigenvalue weighted by Crippen LogP contribution is 2.15. The lowest BCUT2D eigenvalue weighted by Gasteiger charge is -2.13. The molecule has 2 N–H and O–H groups in total. The van der Waals surface area contributed by atoms with Crippen LogP contribution in [0.4, 0.5) is 8.78 Å². The molecule has 0 aliphatic carbocycles. The largest absolute Gasteiger partial charge is 0.396 e. The molecule has 1 aromatic carbocycles. The van der Waals surface area contributed by atoms with Crippen LogP contribution in [0.1, 0.15) is 24.9 Å². The van der Waals surface area contributed by atoms with Crippen LogP contribution in [-0.4, -0.2) is 18.3 Å². The summed E-state index contributed by atoms with van der Waals surface area (Å²) in [7, 11) is 0. The fourth-order valence-electron chi connectivity index (χ4n) is 1.30. The van der Waals surface area contributed by atoms with Crippen LogP contribution in [0, 0.1) is 11.6 Å². The van der Waals surface area contributed by atoms with Gasteiger partial charge in [0, 0.05) is 12.6 Å². The van der Waals surface area contributed by atoms with E-state index in [2.05, 4.69) is 5.32 Å². The Morgan fingerprint density at radius 3 is 2.67 bits per heavy atom. The molecule has 0 radical (unpaired) electrons. The van der Waals surface area contributed by atoms with Crippen LogP contribution in [0.5, 0.6) is 0 Å². The number of rotatable bonds is 5. The first-order valence-electron chi connectivity index (χ1n) is 4.94. The monoisotopic (exact) mass is 215 g/mol. The summed E-state index contributed by atoms with van der Waals surface area (Å²) in [5, 5.41) is 11.7. The molecule has 4 heteroatoms. The van der Waals surface area contributed by atoms with Gasteiger partial charge in [-0.2, -0.15) is 0 Å². The van der Waals surface area contributed by atoms with Gasteiger partial charge in [-0.15, -0.1) is 0 Å². The molecule has 0 heterocycles. The molecule has 1 aromatic rings. The molecule has 0 aromatic heterocycles. The zero-order valence-corrected chi connectivity index (χ0v) is 8.63. The fraction of sp³-hybridized carbons (Fsp3) is 0.455. The zero-order chi connectivity index (χ0) is 11.3. The number of nitrogens with one attached hydrogen (secondary N) is 1. The lowest BCUT2D eigenvalue weighted by Crippen LogP contribution is -2.20. The standard InChI is InChI=1S/C11H15F2NO/c1-8(14-5-2-6-15)9-3-4-10(12)11(13)7-9/h3-4,7-8,14-15H,2,5-6H2,1H3. The minimum absolute atomic E-state index is 0.0494. The third-order valence-corrected chi connectivity index (χ3v) is 2.23. The van der Waals surface area contributed by atoms with E-state index in [0.717, 1.165) is 6.07 Å². The minimum Gasteiger partial charge on any atom is -0.396 e. The van der Waals surface area contributed by atoms with Gasteiger partial charge < -0.3 is 10.4 Å². The van der Waals surface area contributed by atoms with Gasteiger partial charge in [-0.3, -0.25) is 0 Å². The average molecular weight is 215 g/mol. The maximum atomic E-state index is 12.9. The molecule has 0 amide bonds. The fourth-order valence-corrected chi connectivity index (χ4v) is 1.30. The van der Waals surface area contributed by atoms with Crippen molar-refractivity contribution in [1.82, 2.24) is 5.32 Å². The second-order valence-corrected chi connectivity index (χ2v) is 3.43. The summed E-state index contributed by atoms with van der Waals surface area (Å²) in [6.07, 6.45) is 0.647. The Bertz CT molecular complexity index is 317. The molecule has 2 nitrogen and oxygen atoms in total. The molecular formula is C11H15F2NO. The van der Waals surface area contributed by atoms with Gasteiger partial charge in [-0.05, 0) is 37.6 Å². The number of benzene rings is 1. The first-order chi connectivity index (χ1) is 7.15. The lowest BCUT2D eigenvalue weighted by molar-refractivity contribution is 0.284. The number of hydrogen-bond acceptors (Lipinski definition) is 2. The number of hydrogen-bond donors (Lipinski definition) is 2. The summed E-state index contributed by atoms with van der Waals surface area (Å²) in [6, 6.07) is 3.81. The molecular weight excluding hydrogens is 200 g/mol. The van der Waals surface area contributed by atoms with Crippen LogP contribution in [0.15, 0.2) is 18.2 Å². The number of aliphatic hydroxyl groups is 1. The second-order valence-electron chi connectivity index (χ2n) is 3.43. The van der Waals surface area contributed by atoms with Gasteiger partial charge in [-0.25, -0.2) is 8.78 Å². The highest BCUT2D eigenvalue weighted by Gasteiger charge is 2.07. The molecule has 1 rings (SSSR count). The average Bonchev–Trinajstić information content (AvgIpc) is 2.22. The lowest BCUT2D eigenvalue weighted by atomic mass is 10.1. The molecule has 0 spiro atoms. The Morgan fingerprint density at radius 2 is 2.07 bits per heavy atom. The first kappa shape index (κ1) is 12.1. The van der Waals surface area contributed by atoms with Crippen molar-refractivity contribution >= 4 is 0 Å². The molecule has 1 unspecified atom stereocenters. The summed E-state index contributed by atoms with van der Waals surface area (Å²) in [5.41, 5.74) is 0.701. The van der Waals surface area contributed by atoms with E-state index in [1.165, 1.54) is 6.07 Å². The van der Waals surface area contributed by atoms with E-state index in [9.17, 15) is 8.78 Å². The Labute approximate surface area is 87.9 Å². The second kappa shape index (κ2) is 5.78. The van der Waals surface area contributed by atoms with E-state index in [-0.39, 0.29) is 12.6 Å². The van der Waals surface area contributed by atoms with Gasteiger partial charge in [0.1, 0.15) is 0 Å². The molecule has 0 bridgehead atoms. The Balaban J connectivity index is 2.57. The summed E-state index contributed by atoms with van der Waals surface area (Å²) >= 11 is 0. The Morgan fingerprint density at radius 1 is 1.33 bits per heavy atom. The number of halogens is 2. The summed E-state index contributed by atoms with van der Waals surface area (Å²) in [5.74, 6) is -1.66. The predicted octanol–water partition coefficient (Wildman–Crippen LogP) is 2.00. The summed E-state index contributed by atoms with van der Waals surface area (Å²) in [6.45, 7) is 2.64. The van der Waals surface area contributed by atoms with Crippen molar-refractivity contribution < 1.29 is 13.9 Å². The third kappa shape index (κ3) is 3.57. The van der Waals surface area contributed by atoms with Crippen molar-refractivity contribution in [1.29, 1.82) is 0 Å². The van der Waals surface area contributed by atoms with Crippen LogP contribution in [0.25, 0.3) is 0 Å². The molecule has 0 aliphatic rings. The molecule has 0 saturated heterocycles. The summed E-state index contributed by atoms with van der Waals surface area (Å²) in [4.78, 5) is 0. The van der Waals surface area contributed by atoms with E-state index in [1.807, 2.05) is 6.92 Å². The highest BCUT2D eigenvalue weighted by molar-refractivity contribution is 5.20. The Hall–Kier alpha value is -1.00. The minimum atomic E-state index is -0.832. The number of aliphatic hydroxyl groups excluding tert-OH is 1.